The number of sulfone groups is 1. The molecule has 5 heteroatoms. The van der Waals surface area contributed by atoms with Crippen LogP contribution in [-0.4, -0.2) is 57.5 Å². The van der Waals surface area contributed by atoms with Crippen molar-refractivity contribution in [3.8, 4) is 0 Å². The van der Waals surface area contributed by atoms with Crippen molar-refractivity contribution in [2.75, 3.05) is 32.6 Å². The first-order chi connectivity index (χ1) is 9.23. The topological polar surface area (TPSA) is 49.4 Å². The second-order valence-electron chi connectivity index (χ2n) is 5.98. The number of nitrogens with zero attached hydrogens (tertiary/aromatic N) is 1. The standard InChI is InChI=1S/C15H34N2O2S/c1-7-12-16-14(11-10-13-20(6,18)19)15(8-2,9-3)17(4)5/h14,16H,7-13H2,1-6H3. The molecule has 1 atom stereocenters. The Morgan fingerprint density at radius 1 is 1.15 bits per heavy atom. The molecule has 0 aromatic heterocycles. The Hall–Kier alpha value is -0.130. The number of likely N-dealkylation sites (N-methyl/N-ethyl adjacent to an activating group) is 1. The van der Waals surface area contributed by atoms with Crippen LogP contribution >= 0.6 is 0 Å². The van der Waals surface area contributed by atoms with Gasteiger partial charge in [-0.3, -0.25) is 0 Å². The lowest BCUT2D eigenvalue weighted by Gasteiger charge is -2.46. The third-order valence-electron chi connectivity index (χ3n) is 4.41. The highest BCUT2D eigenvalue weighted by Gasteiger charge is 2.37. The first-order valence-electron chi connectivity index (χ1n) is 7.82. The van der Waals surface area contributed by atoms with Crippen LogP contribution in [0.5, 0.6) is 0 Å². The lowest BCUT2D eigenvalue weighted by molar-refractivity contribution is 0.0838. The van der Waals surface area contributed by atoms with Gasteiger partial charge < -0.3 is 10.2 Å². The van der Waals surface area contributed by atoms with Crippen LogP contribution in [-0.2, 0) is 9.84 Å². The van der Waals surface area contributed by atoms with Crippen molar-refractivity contribution >= 4 is 9.84 Å². The molecular weight excluding hydrogens is 272 g/mol. The fourth-order valence-corrected chi connectivity index (χ4v) is 3.81. The molecule has 4 nitrogen and oxygen atoms in total. The van der Waals surface area contributed by atoms with Crippen LogP contribution in [0.2, 0.25) is 0 Å². The van der Waals surface area contributed by atoms with E-state index in [1.165, 1.54) is 6.26 Å². The molecule has 0 bridgehead atoms. The molecular formula is C15H34N2O2S. The van der Waals surface area contributed by atoms with Gasteiger partial charge in [-0.2, -0.15) is 0 Å². The molecule has 0 spiro atoms. The Bertz CT molecular complexity index is 349. The Balaban J connectivity index is 4.91. The van der Waals surface area contributed by atoms with Gasteiger partial charge in [-0.05, 0) is 52.7 Å². The Morgan fingerprint density at radius 3 is 2.05 bits per heavy atom. The molecule has 0 rings (SSSR count). The van der Waals surface area contributed by atoms with Crippen LogP contribution in [0.25, 0.3) is 0 Å². The summed E-state index contributed by atoms with van der Waals surface area (Å²) in [5, 5.41) is 3.64. The van der Waals surface area contributed by atoms with E-state index in [2.05, 4.69) is 45.1 Å². The van der Waals surface area contributed by atoms with Gasteiger partial charge in [0, 0.05) is 23.6 Å². The fraction of sp³-hybridized carbons (Fsp3) is 1.00. The molecule has 0 radical (unpaired) electrons. The molecule has 20 heavy (non-hydrogen) atoms. The van der Waals surface area contributed by atoms with Gasteiger partial charge in [0.1, 0.15) is 9.84 Å². The van der Waals surface area contributed by atoms with E-state index in [-0.39, 0.29) is 11.3 Å². The van der Waals surface area contributed by atoms with Gasteiger partial charge in [0.05, 0.1) is 0 Å². The number of rotatable bonds is 11. The summed E-state index contributed by atoms with van der Waals surface area (Å²) in [5.41, 5.74) is 0.104. The zero-order valence-electron chi connectivity index (χ0n) is 14.2. The third-order valence-corrected chi connectivity index (χ3v) is 5.44. The molecule has 1 unspecified atom stereocenters. The molecule has 122 valence electrons. The highest BCUT2D eigenvalue weighted by molar-refractivity contribution is 7.90. The van der Waals surface area contributed by atoms with Crippen molar-refractivity contribution in [2.24, 2.45) is 0 Å². The lowest BCUT2D eigenvalue weighted by Crippen LogP contribution is -2.58. The lowest BCUT2D eigenvalue weighted by atomic mass is 9.81. The Morgan fingerprint density at radius 2 is 1.70 bits per heavy atom. The van der Waals surface area contributed by atoms with E-state index < -0.39 is 9.84 Å². The maximum absolute atomic E-state index is 11.3. The molecule has 0 aliphatic rings. The zero-order chi connectivity index (χ0) is 15.8. The predicted molar refractivity (Wildman–Crippen MR) is 88.0 cm³/mol. The highest BCUT2D eigenvalue weighted by atomic mass is 32.2. The van der Waals surface area contributed by atoms with Crippen molar-refractivity contribution in [2.45, 2.75) is 64.5 Å². The van der Waals surface area contributed by atoms with Gasteiger partial charge in [-0.1, -0.05) is 20.8 Å². The average molecular weight is 307 g/mol. The predicted octanol–water partition coefficient (Wildman–Crippen LogP) is 2.30. The number of hydrogen-bond donors (Lipinski definition) is 1. The SMILES string of the molecule is CCCNC(CCCS(C)(=O)=O)C(CC)(CC)N(C)C. The van der Waals surface area contributed by atoms with Gasteiger partial charge in [-0.15, -0.1) is 0 Å². The van der Waals surface area contributed by atoms with E-state index in [0.717, 1.165) is 38.6 Å². The van der Waals surface area contributed by atoms with Gasteiger partial charge in [0.2, 0.25) is 0 Å². The van der Waals surface area contributed by atoms with Crippen LogP contribution < -0.4 is 5.32 Å². The fourth-order valence-electron chi connectivity index (χ4n) is 3.12. The number of nitrogens with one attached hydrogen (secondary N) is 1. The minimum absolute atomic E-state index is 0.104. The Kier molecular flexibility index (Phi) is 8.95. The summed E-state index contributed by atoms with van der Waals surface area (Å²) in [4.78, 5) is 2.31. The average Bonchev–Trinajstić information content (AvgIpc) is 2.35. The first kappa shape index (κ1) is 19.9. The van der Waals surface area contributed by atoms with Crippen LogP contribution in [0.4, 0.5) is 0 Å². The second kappa shape index (κ2) is 9.00. The quantitative estimate of drug-likeness (QED) is 0.636. The van der Waals surface area contributed by atoms with E-state index in [1.807, 2.05) is 0 Å². The van der Waals surface area contributed by atoms with Crippen molar-refractivity contribution in [1.82, 2.24) is 10.2 Å². The molecule has 0 aliphatic heterocycles. The highest BCUT2D eigenvalue weighted by Crippen LogP contribution is 2.28. The molecule has 1 N–H and O–H groups in total. The molecule has 0 aromatic carbocycles. The van der Waals surface area contributed by atoms with Gasteiger partial charge >= 0.3 is 0 Å². The maximum atomic E-state index is 11.3. The summed E-state index contributed by atoms with van der Waals surface area (Å²) in [5.74, 6) is 0.286. The molecule has 0 heterocycles. The molecule has 0 fully saturated rings. The van der Waals surface area contributed by atoms with Crippen molar-refractivity contribution < 1.29 is 8.42 Å². The van der Waals surface area contributed by atoms with E-state index in [4.69, 9.17) is 0 Å². The molecule has 0 aliphatic carbocycles. The van der Waals surface area contributed by atoms with E-state index in [0.29, 0.717) is 6.04 Å². The van der Waals surface area contributed by atoms with Gasteiger partial charge in [0.15, 0.2) is 0 Å². The van der Waals surface area contributed by atoms with Crippen LogP contribution in [0, 0.1) is 0 Å². The molecule has 0 saturated heterocycles. The van der Waals surface area contributed by atoms with Gasteiger partial charge in [0.25, 0.3) is 0 Å². The molecule has 0 aromatic rings. The summed E-state index contributed by atoms with van der Waals surface area (Å²) in [6.07, 6.45) is 6.19. The zero-order valence-corrected chi connectivity index (χ0v) is 15.0. The van der Waals surface area contributed by atoms with Crippen LogP contribution in [0.1, 0.15) is 52.9 Å². The van der Waals surface area contributed by atoms with Crippen molar-refractivity contribution in [3.05, 3.63) is 0 Å². The summed E-state index contributed by atoms with van der Waals surface area (Å²) >= 11 is 0. The summed E-state index contributed by atoms with van der Waals surface area (Å²) in [6, 6.07) is 0.342. The normalized spacial score (nSPS) is 14.8. The maximum Gasteiger partial charge on any atom is 0.147 e. The summed E-state index contributed by atoms with van der Waals surface area (Å²) in [7, 11) is 1.40. The summed E-state index contributed by atoms with van der Waals surface area (Å²) in [6.45, 7) is 7.59. The smallest absolute Gasteiger partial charge is 0.147 e. The van der Waals surface area contributed by atoms with Gasteiger partial charge in [-0.25, -0.2) is 8.42 Å². The van der Waals surface area contributed by atoms with Crippen LogP contribution in [0.15, 0.2) is 0 Å². The van der Waals surface area contributed by atoms with Crippen molar-refractivity contribution in [3.63, 3.8) is 0 Å². The van der Waals surface area contributed by atoms with E-state index in [1.54, 1.807) is 0 Å². The Labute approximate surface area is 126 Å². The van der Waals surface area contributed by atoms with E-state index in [9.17, 15) is 8.42 Å². The third kappa shape index (κ3) is 6.10. The van der Waals surface area contributed by atoms with Crippen LogP contribution in [0.3, 0.4) is 0 Å². The molecule has 0 saturated carbocycles. The monoisotopic (exact) mass is 306 g/mol. The van der Waals surface area contributed by atoms with E-state index >= 15 is 0 Å². The second-order valence-corrected chi connectivity index (χ2v) is 8.24. The first-order valence-corrected chi connectivity index (χ1v) is 9.88. The minimum Gasteiger partial charge on any atom is -0.312 e. The molecule has 0 amide bonds. The minimum atomic E-state index is -2.86. The summed E-state index contributed by atoms with van der Waals surface area (Å²) < 4.78 is 22.6. The number of hydrogen-bond acceptors (Lipinski definition) is 4. The van der Waals surface area contributed by atoms with Crippen molar-refractivity contribution in [1.29, 1.82) is 0 Å². The largest absolute Gasteiger partial charge is 0.312 e.